The normalized spacial score (nSPS) is 14.1. The minimum absolute atomic E-state index is 0.327. The van der Waals surface area contributed by atoms with Gasteiger partial charge in [-0.05, 0) is 53.5 Å². The summed E-state index contributed by atoms with van der Waals surface area (Å²) < 4.78 is 18.4. The van der Waals surface area contributed by atoms with Gasteiger partial charge in [-0.1, -0.05) is 13.0 Å². The maximum atomic E-state index is 13.2. The fourth-order valence-electron chi connectivity index (χ4n) is 1.68. The van der Waals surface area contributed by atoms with Crippen LogP contribution >= 0.6 is 15.9 Å². The molecule has 1 aromatic rings. The van der Waals surface area contributed by atoms with Crippen molar-refractivity contribution in [1.82, 2.24) is 5.32 Å². The molecule has 100 valence electrons. The minimum Gasteiger partial charge on any atom is -0.467 e. The number of benzene rings is 1. The Labute approximate surface area is 115 Å². The van der Waals surface area contributed by atoms with E-state index in [1.54, 1.807) is 19.1 Å². The SMILES string of the molecule is CCCNC(C)(C(=O)OC)c1ccc(F)c(Br)c1. The molecule has 0 aliphatic heterocycles. The molecule has 5 heteroatoms. The van der Waals surface area contributed by atoms with Crippen LogP contribution in [-0.2, 0) is 15.1 Å². The lowest BCUT2D eigenvalue weighted by Crippen LogP contribution is -2.47. The third-order valence-electron chi connectivity index (χ3n) is 2.82. The van der Waals surface area contributed by atoms with Gasteiger partial charge in [-0.25, -0.2) is 9.18 Å². The van der Waals surface area contributed by atoms with Crippen molar-refractivity contribution in [1.29, 1.82) is 0 Å². The monoisotopic (exact) mass is 317 g/mol. The smallest absolute Gasteiger partial charge is 0.330 e. The van der Waals surface area contributed by atoms with E-state index >= 15 is 0 Å². The van der Waals surface area contributed by atoms with E-state index in [1.165, 1.54) is 13.2 Å². The molecule has 0 aliphatic rings. The van der Waals surface area contributed by atoms with E-state index < -0.39 is 11.5 Å². The second-order valence-electron chi connectivity index (χ2n) is 4.17. The van der Waals surface area contributed by atoms with E-state index in [9.17, 15) is 9.18 Å². The summed E-state index contributed by atoms with van der Waals surface area (Å²) in [6.07, 6.45) is 0.884. The summed E-state index contributed by atoms with van der Waals surface area (Å²) in [5.74, 6) is -0.754. The van der Waals surface area contributed by atoms with Crippen LogP contribution in [0.5, 0.6) is 0 Å². The third-order valence-corrected chi connectivity index (χ3v) is 3.43. The molecule has 0 aromatic heterocycles. The Hall–Kier alpha value is -0.940. The van der Waals surface area contributed by atoms with Crippen LogP contribution in [0.4, 0.5) is 4.39 Å². The fraction of sp³-hybridized carbons (Fsp3) is 0.462. The molecule has 1 N–H and O–H groups in total. The van der Waals surface area contributed by atoms with Crippen LogP contribution in [0.3, 0.4) is 0 Å². The lowest BCUT2D eigenvalue weighted by Gasteiger charge is -2.28. The molecule has 0 spiro atoms. The van der Waals surface area contributed by atoms with Crippen LogP contribution in [0.15, 0.2) is 22.7 Å². The highest BCUT2D eigenvalue weighted by molar-refractivity contribution is 9.10. The first kappa shape index (κ1) is 15.1. The Morgan fingerprint density at radius 1 is 1.56 bits per heavy atom. The zero-order chi connectivity index (χ0) is 13.8. The number of methoxy groups -OCH3 is 1. The average molecular weight is 318 g/mol. The molecule has 18 heavy (non-hydrogen) atoms. The van der Waals surface area contributed by atoms with E-state index in [0.717, 1.165) is 6.42 Å². The van der Waals surface area contributed by atoms with Gasteiger partial charge in [-0.3, -0.25) is 5.32 Å². The lowest BCUT2D eigenvalue weighted by atomic mass is 9.92. The molecule has 0 heterocycles. The number of esters is 1. The van der Waals surface area contributed by atoms with E-state index in [-0.39, 0.29) is 5.82 Å². The highest BCUT2D eigenvalue weighted by Crippen LogP contribution is 2.27. The van der Waals surface area contributed by atoms with E-state index in [0.29, 0.717) is 16.6 Å². The molecule has 0 saturated heterocycles. The van der Waals surface area contributed by atoms with Gasteiger partial charge in [0.05, 0.1) is 11.6 Å². The highest BCUT2D eigenvalue weighted by Gasteiger charge is 2.36. The quantitative estimate of drug-likeness (QED) is 0.848. The van der Waals surface area contributed by atoms with Crippen molar-refractivity contribution in [3.8, 4) is 0 Å². The Bertz CT molecular complexity index is 439. The van der Waals surface area contributed by atoms with Gasteiger partial charge in [-0.15, -0.1) is 0 Å². The fourth-order valence-corrected chi connectivity index (χ4v) is 2.06. The topological polar surface area (TPSA) is 38.3 Å². The molecule has 0 saturated carbocycles. The predicted octanol–water partition coefficient (Wildman–Crippen LogP) is 2.98. The zero-order valence-corrected chi connectivity index (χ0v) is 12.3. The van der Waals surface area contributed by atoms with Crippen LogP contribution in [0.25, 0.3) is 0 Å². The Balaban J connectivity index is 3.16. The summed E-state index contributed by atoms with van der Waals surface area (Å²) in [5, 5.41) is 3.14. The summed E-state index contributed by atoms with van der Waals surface area (Å²) in [4.78, 5) is 11.9. The Kier molecular flexibility index (Phi) is 5.28. The number of hydrogen-bond donors (Lipinski definition) is 1. The van der Waals surface area contributed by atoms with Gasteiger partial charge in [0, 0.05) is 0 Å². The van der Waals surface area contributed by atoms with Crippen molar-refractivity contribution in [2.45, 2.75) is 25.8 Å². The number of carbonyl (C=O) groups is 1. The van der Waals surface area contributed by atoms with E-state index in [4.69, 9.17) is 4.74 Å². The van der Waals surface area contributed by atoms with Crippen molar-refractivity contribution in [2.75, 3.05) is 13.7 Å². The molecule has 3 nitrogen and oxygen atoms in total. The summed E-state index contributed by atoms with van der Waals surface area (Å²) in [5.41, 5.74) is -0.308. The summed E-state index contributed by atoms with van der Waals surface area (Å²) in [6.45, 7) is 4.40. The van der Waals surface area contributed by atoms with Crippen LogP contribution in [-0.4, -0.2) is 19.6 Å². The molecule has 0 bridgehead atoms. The predicted molar refractivity (Wildman–Crippen MR) is 71.8 cm³/mol. The van der Waals surface area contributed by atoms with Crippen molar-refractivity contribution < 1.29 is 13.9 Å². The second-order valence-corrected chi connectivity index (χ2v) is 5.03. The maximum absolute atomic E-state index is 13.2. The van der Waals surface area contributed by atoms with E-state index in [1.807, 2.05) is 6.92 Å². The number of halogens is 2. The molecular weight excluding hydrogens is 301 g/mol. The standard InChI is InChI=1S/C13H17BrFNO2/c1-4-7-16-13(2,12(17)18-3)9-5-6-11(15)10(14)8-9/h5-6,8,16H,4,7H2,1-3H3. The summed E-state index contributed by atoms with van der Waals surface area (Å²) in [6, 6.07) is 4.50. The largest absolute Gasteiger partial charge is 0.467 e. The molecule has 0 amide bonds. The Morgan fingerprint density at radius 2 is 2.22 bits per heavy atom. The number of nitrogens with one attached hydrogen (secondary N) is 1. The van der Waals surface area contributed by atoms with Gasteiger partial charge in [0.2, 0.25) is 0 Å². The van der Waals surface area contributed by atoms with Crippen molar-refractivity contribution in [3.05, 3.63) is 34.1 Å². The minimum atomic E-state index is -0.971. The van der Waals surface area contributed by atoms with Gasteiger partial charge in [0.1, 0.15) is 11.4 Å². The zero-order valence-electron chi connectivity index (χ0n) is 10.7. The third kappa shape index (κ3) is 3.09. The molecule has 1 aromatic carbocycles. The van der Waals surface area contributed by atoms with Crippen LogP contribution in [0.2, 0.25) is 0 Å². The molecule has 0 aliphatic carbocycles. The number of hydrogen-bond acceptors (Lipinski definition) is 3. The van der Waals surface area contributed by atoms with E-state index in [2.05, 4.69) is 21.2 Å². The van der Waals surface area contributed by atoms with Crippen molar-refractivity contribution in [2.24, 2.45) is 0 Å². The summed E-state index contributed by atoms with van der Waals surface area (Å²) in [7, 11) is 1.34. The van der Waals surface area contributed by atoms with Gasteiger partial charge in [0.15, 0.2) is 0 Å². The van der Waals surface area contributed by atoms with Gasteiger partial charge < -0.3 is 4.74 Å². The second kappa shape index (κ2) is 6.29. The molecule has 1 rings (SSSR count). The molecule has 0 fully saturated rings. The number of carbonyl (C=O) groups excluding carboxylic acids is 1. The first-order valence-corrected chi connectivity index (χ1v) is 6.54. The van der Waals surface area contributed by atoms with Crippen molar-refractivity contribution in [3.63, 3.8) is 0 Å². The molecular formula is C13H17BrFNO2. The van der Waals surface area contributed by atoms with Gasteiger partial charge >= 0.3 is 5.97 Å². The van der Waals surface area contributed by atoms with Crippen LogP contribution in [0.1, 0.15) is 25.8 Å². The molecule has 1 atom stereocenters. The first-order valence-electron chi connectivity index (χ1n) is 5.74. The molecule has 0 radical (unpaired) electrons. The number of ether oxygens (including phenoxy) is 1. The summed E-state index contributed by atoms with van der Waals surface area (Å²) >= 11 is 3.12. The Morgan fingerprint density at radius 3 is 2.72 bits per heavy atom. The first-order chi connectivity index (χ1) is 8.45. The van der Waals surface area contributed by atoms with Gasteiger partial charge in [-0.2, -0.15) is 0 Å². The van der Waals surface area contributed by atoms with Crippen molar-refractivity contribution >= 4 is 21.9 Å². The van der Waals surface area contributed by atoms with Crippen LogP contribution in [0, 0.1) is 5.82 Å². The van der Waals surface area contributed by atoms with Crippen LogP contribution < -0.4 is 5.32 Å². The van der Waals surface area contributed by atoms with Gasteiger partial charge in [0.25, 0.3) is 0 Å². The number of rotatable bonds is 5. The molecule has 1 unspecified atom stereocenters. The highest BCUT2D eigenvalue weighted by atomic mass is 79.9. The maximum Gasteiger partial charge on any atom is 0.330 e. The average Bonchev–Trinajstić information content (AvgIpc) is 2.38. The lowest BCUT2D eigenvalue weighted by molar-refractivity contribution is -0.148.